The molecule has 2 aliphatic heterocycles. The van der Waals surface area contributed by atoms with Gasteiger partial charge in [-0.15, -0.1) is 11.3 Å². The fourth-order valence-electron chi connectivity index (χ4n) is 4.79. The van der Waals surface area contributed by atoms with E-state index in [1.54, 1.807) is 29.8 Å². The number of alkyl halides is 3. The van der Waals surface area contributed by atoms with Crippen molar-refractivity contribution in [3.05, 3.63) is 81.3 Å². The van der Waals surface area contributed by atoms with E-state index >= 15 is 0 Å². The van der Waals surface area contributed by atoms with Crippen molar-refractivity contribution in [3.8, 4) is 0 Å². The number of fused-ring (bicyclic) bond motifs is 1. The number of benzene rings is 2. The number of anilines is 1. The van der Waals surface area contributed by atoms with Crippen molar-refractivity contribution in [1.29, 1.82) is 0 Å². The molecule has 3 amide bonds. The van der Waals surface area contributed by atoms with Gasteiger partial charge in [0.15, 0.2) is 0 Å². The minimum atomic E-state index is -4.45. The molecule has 192 valence electrons. The van der Waals surface area contributed by atoms with Crippen molar-refractivity contribution in [2.24, 2.45) is 5.92 Å². The summed E-state index contributed by atoms with van der Waals surface area (Å²) in [6.07, 6.45) is -1.52. The Bertz CT molecular complexity index is 1340. The van der Waals surface area contributed by atoms with Crippen molar-refractivity contribution >= 4 is 34.7 Å². The molecule has 0 bridgehead atoms. The van der Waals surface area contributed by atoms with E-state index in [-0.39, 0.29) is 30.8 Å². The maximum absolute atomic E-state index is 13.3. The van der Waals surface area contributed by atoms with Gasteiger partial charge in [0.2, 0.25) is 5.91 Å². The molecule has 1 aromatic heterocycles. The molecule has 5 rings (SSSR count). The van der Waals surface area contributed by atoms with Crippen LogP contribution in [0.2, 0.25) is 0 Å². The number of nitrogens with one attached hydrogen (secondary N) is 1. The van der Waals surface area contributed by atoms with Gasteiger partial charge in [-0.25, -0.2) is 4.98 Å². The van der Waals surface area contributed by atoms with Gasteiger partial charge in [-0.2, -0.15) is 13.2 Å². The highest BCUT2D eigenvalue weighted by molar-refractivity contribution is 7.09. The molecule has 3 aromatic rings. The average Bonchev–Trinajstić information content (AvgIpc) is 3.50. The van der Waals surface area contributed by atoms with Crippen LogP contribution in [0.25, 0.3) is 0 Å². The van der Waals surface area contributed by atoms with Crippen molar-refractivity contribution in [2.45, 2.75) is 32.1 Å². The molecule has 1 fully saturated rings. The van der Waals surface area contributed by atoms with Crippen LogP contribution in [-0.4, -0.2) is 40.7 Å². The third-order valence-electron chi connectivity index (χ3n) is 6.61. The van der Waals surface area contributed by atoms with Gasteiger partial charge in [-0.3, -0.25) is 19.3 Å². The van der Waals surface area contributed by atoms with Crippen molar-refractivity contribution < 1.29 is 27.6 Å². The monoisotopic (exact) mass is 528 g/mol. The number of imide groups is 1. The number of piperidine rings is 1. The smallest absolute Gasteiger partial charge is 0.370 e. The van der Waals surface area contributed by atoms with Gasteiger partial charge in [0.1, 0.15) is 5.01 Å². The number of thiazole rings is 1. The second-order valence-corrected chi connectivity index (χ2v) is 10.0. The number of carbonyl (C=O) groups is 3. The van der Waals surface area contributed by atoms with E-state index in [4.69, 9.17) is 0 Å². The highest BCUT2D eigenvalue weighted by Gasteiger charge is 2.39. The summed E-state index contributed by atoms with van der Waals surface area (Å²) in [6, 6.07) is 10.0. The van der Waals surface area contributed by atoms with Gasteiger partial charge in [-0.05, 0) is 42.7 Å². The van der Waals surface area contributed by atoms with E-state index in [1.807, 2.05) is 4.90 Å². The fourth-order valence-corrected chi connectivity index (χ4v) is 5.39. The highest BCUT2D eigenvalue weighted by Crippen LogP contribution is 2.35. The first kappa shape index (κ1) is 24.9. The lowest BCUT2D eigenvalue weighted by Gasteiger charge is -2.34. The van der Waals surface area contributed by atoms with Crippen LogP contribution in [-0.2, 0) is 24.1 Å². The van der Waals surface area contributed by atoms with Gasteiger partial charge in [0.05, 0.1) is 34.8 Å². The highest BCUT2D eigenvalue weighted by atomic mass is 32.1. The van der Waals surface area contributed by atoms with E-state index in [0.29, 0.717) is 53.3 Å². The predicted octanol–water partition coefficient (Wildman–Crippen LogP) is 4.49. The first-order valence-corrected chi connectivity index (χ1v) is 12.7. The summed E-state index contributed by atoms with van der Waals surface area (Å²) < 4.78 is 38.9. The average molecular weight is 529 g/mol. The largest absolute Gasteiger partial charge is 0.416 e. The number of rotatable bonds is 6. The van der Waals surface area contributed by atoms with Crippen LogP contribution in [0.15, 0.2) is 54.0 Å². The lowest BCUT2D eigenvalue weighted by atomic mass is 9.95. The molecule has 11 heteroatoms. The number of hydrogen-bond acceptors (Lipinski definition) is 6. The van der Waals surface area contributed by atoms with E-state index < -0.39 is 17.7 Å². The summed E-state index contributed by atoms with van der Waals surface area (Å²) in [5, 5.41) is 5.19. The minimum absolute atomic E-state index is 0.0152. The van der Waals surface area contributed by atoms with E-state index in [1.165, 1.54) is 28.4 Å². The Kier molecular flexibility index (Phi) is 6.72. The van der Waals surface area contributed by atoms with Crippen LogP contribution in [0.4, 0.5) is 18.9 Å². The maximum atomic E-state index is 13.3. The lowest BCUT2D eigenvalue weighted by molar-refractivity contribution is -0.137. The number of hydrogen-bond donors (Lipinski definition) is 1. The molecule has 1 unspecified atom stereocenters. The van der Waals surface area contributed by atoms with Gasteiger partial charge >= 0.3 is 6.18 Å². The summed E-state index contributed by atoms with van der Waals surface area (Å²) in [4.78, 5) is 46.5. The minimum Gasteiger partial charge on any atom is -0.370 e. The molecule has 1 N–H and O–H groups in total. The van der Waals surface area contributed by atoms with Crippen LogP contribution in [0.1, 0.15) is 49.7 Å². The second kappa shape index (κ2) is 9.97. The van der Waals surface area contributed by atoms with Crippen LogP contribution in [0.5, 0.6) is 0 Å². The Morgan fingerprint density at radius 2 is 1.95 bits per heavy atom. The van der Waals surface area contributed by atoms with Crippen LogP contribution in [0.3, 0.4) is 0 Å². The zero-order valence-electron chi connectivity index (χ0n) is 19.6. The summed E-state index contributed by atoms with van der Waals surface area (Å²) in [6.45, 7) is 1.03. The molecule has 0 saturated carbocycles. The number of aromatic nitrogens is 1. The maximum Gasteiger partial charge on any atom is 0.416 e. The second-order valence-electron chi connectivity index (χ2n) is 9.02. The number of nitrogens with zero attached hydrogens (tertiary/aromatic N) is 3. The van der Waals surface area contributed by atoms with Crippen molar-refractivity contribution in [1.82, 2.24) is 15.2 Å². The predicted molar refractivity (Wildman–Crippen MR) is 131 cm³/mol. The summed E-state index contributed by atoms with van der Waals surface area (Å²) >= 11 is 1.37. The Hall–Kier alpha value is -3.73. The molecule has 7 nitrogen and oxygen atoms in total. The van der Waals surface area contributed by atoms with E-state index in [0.717, 1.165) is 12.1 Å². The molecule has 37 heavy (non-hydrogen) atoms. The number of amides is 3. The first-order valence-electron chi connectivity index (χ1n) is 11.8. The normalized spacial score (nSPS) is 17.8. The third-order valence-corrected chi connectivity index (χ3v) is 7.37. The topological polar surface area (TPSA) is 82.6 Å². The molecular formula is C26H23F3N4O3S. The van der Waals surface area contributed by atoms with Gasteiger partial charge in [-0.1, -0.05) is 18.2 Å². The zero-order valence-corrected chi connectivity index (χ0v) is 20.4. The SMILES string of the molecule is O=C(NCc1cccc(C(F)(F)F)c1)C1CCCN(c2cccc3c2C(=O)N(Cc2nccs2)C3=O)C1. The molecule has 1 atom stereocenters. The van der Waals surface area contributed by atoms with Crippen LogP contribution >= 0.6 is 11.3 Å². The van der Waals surface area contributed by atoms with E-state index in [9.17, 15) is 27.6 Å². The Labute approximate surface area is 214 Å². The quantitative estimate of drug-likeness (QED) is 0.477. The van der Waals surface area contributed by atoms with Gasteiger partial charge in [0.25, 0.3) is 11.8 Å². The van der Waals surface area contributed by atoms with Crippen molar-refractivity contribution in [2.75, 3.05) is 18.0 Å². The molecule has 3 heterocycles. The van der Waals surface area contributed by atoms with Gasteiger partial charge in [0, 0.05) is 31.2 Å². The Morgan fingerprint density at radius 3 is 2.70 bits per heavy atom. The first-order chi connectivity index (χ1) is 17.7. The summed E-state index contributed by atoms with van der Waals surface area (Å²) in [5.41, 5.74) is 0.863. The van der Waals surface area contributed by atoms with Crippen LogP contribution < -0.4 is 10.2 Å². The van der Waals surface area contributed by atoms with Crippen molar-refractivity contribution in [3.63, 3.8) is 0 Å². The third kappa shape index (κ3) is 5.08. The number of carbonyl (C=O) groups excluding carboxylic acids is 3. The zero-order chi connectivity index (χ0) is 26.2. The molecule has 1 saturated heterocycles. The van der Waals surface area contributed by atoms with E-state index in [2.05, 4.69) is 10.3 Å². The molecule has 0 spiro atoms. The summed E-state index contributed by atoms with van der Waals surface area (Å²) in [7, 11) is 0. The molecular weight excluding hydrogens is 505 g/mol. The van der Waals surface area contributed by atoms with Crippen LogP contribution in [0, 0.1) is 5.92 Å². The van der Waals surface area contributed by atoms with Gasteiger partial charge < -0.3 is 10.2 Å². The standard InChI is InChI=1S/C26H23F3N4O3S/c27-26(28,29)18-6-1-4-16(12-18)13-31-23(34)17-5-3-10-32(14-17)20-8-2-7-19-22(20)25(36)33(24(19)35)15-21-30-9-11-37-21/h1-2,4,6-9,11-12,17H,3,5,10,13-15H2,(H,31,34). The Balaban J connectivity index is 1.28. The molecule has 0 aliphatic carbocycles. The molecule has 2 aromatic carbocycles. The molecule has 0 radical (unpaired) electrons. The lowest BCUT2D eigenvalue weighted by Crippen LogP contribution is -2.43. The fraction of sp³-hybridized carbons (Fsp3) is 0.308. The molecule has 2 aliphatic rings. The number of halogens is 3. The Morgan fingerprint density at radius 1 is 1.14 bits per heavy atom. The summed E-state index contributed by atoms with van der Waals surface area (Å²) in [5.74, 6) is -1.43.